The number of piperidine rings is 1. The number of rotatable bonds is 4. The molecule has 2 rings (SSSR count). The number of halogens is 2. The van der Waals surface area contributed by atoms with Crippen molar-refractivity contribution in [1.29, 1.82) is 0 Å². The fourth-order valence-electron chi connectivity index (χ4n) is 2.11. The molecule has 0 unspecified atom stereocenters. The third-order valence-electron chi connectivity index (χ3n) is 3.34. The van der Waals surface area contributed by atoms with Crippen LogP contribution in [-0.4, -0.2) is 37.5 Å². The Balaban J connectivity index is 2.05. The highest BCUT2D eigenvalue weighted by Crippen LogP contribution is 2.27. The summed E-state index contributed by atoms with van der Waals surface area (Å²) in [7, 11) is -3.56. The van der Waals surface area contributed by atoms with Crippen LogP contribution in [0, 0.1) is 5.92 Å². The molecule has 1 fully saturated rings. The van der Waals surface area contributed by atoms with Crippen LogP contribution in [0.5, 0.6) is 0 Å². The first kappa shape index (κ1) is 16.0. The second-order valence-corrected chi connectivity index (χ2v) is 7.69. The van der Waals surface area contributed by atoms with E-state index < -0.39 is 10.2 Å². The number of aliphatic hydroxyl groups excluding tert-OH is 1. The lowest BCUT2D eigenvalue weighted by Gasteiger charge is -2.30. The molecule has 0 amide bonds. The summed E-state index contributed by atoms with van der Waals surface area (Å²) in [5.41, 5.74) is 0.463. The zero-order chi connectivity index (χ0) is 14.8. The van der Waals surface area contributed by atoms with Crippen LogP contribution >= 0.6 is 27.5 Å². The molecule has 1 aliphatic heterocycles. The number of aliphatic hydroxyl groups is 1. The van der Waals surface area contributed by atoms with Gasteiger partial charge in [0, 0.05) is 24.2 Å². The molecule has 1 saturated heterocycles. The van der Waals surface area contributed by atoms with Crippen molar-refractivity contribution in [3.05, 3.63) is 27.7 Å². The largest absolute Gasteiger partial charge is 0.396 e. The third kappa shape index (κ3) is 3.85. The Hall–Kier alpha value is -0.340. The minimum absolute atomic E-state index is 0.117. The molecular formula is C12H16BrClN2O3S. The van der Waals surface area contributed by atoms with Gasteiger partial charge >= 0.3 is 10.2 Å². The summed E-state index contributed by atoms with van der Waals surface area (Å²) in [4.78, 5) is 0. The molecule has 1 heterocycles. The predicted octanol–water partition coefficient (Wildman–Crippen LogP) is 2.46. The molecule has 0 aliphatic carbocycles. The minimum Gasteiger partial charge on any atom is -0.396 e. The first-order chi connectivity index (χ1) is 9.42. The molecule has 0 radical (unpaired) electrons. The van der Waals surface area contributed by atoms with Crippen LogP contribution in [0.15, 0.2) is 22.7 Å². The summed E-state index contributed by atoms with van der Waals surface area (Å²) >= 11 is 9.13. The highest BCUT2D eigenvalue weighted by Gasteiger charge is 2.27. The van der Waals surface area contributed by atoms with E-state index in [9.17, 15) is 8.42 Å². The molecule has 8 heteroatoms. The summed E-state index contributed by atoms with van der Waals surface area (Å²) in [6, 6.07) is 4.87. The van der Waals surface area contributed by atoms with Gasteiger partial charge in [0.25, 0.3) is 0 Å². The second kappa shape index (κ2) is 6.62. The summed E-state index contributed by atoms with van der Waals surface area (Å²) in [5, 5.41) is 9.60. The monoisotopic (exact) mass is 382 g/mol. The van der Waals surface area contributed by atoms with Gasteiger partial charge in [-0.25, -0.2) is 0 Å². The van der Waals surface area contributed by atoms with Crippen molar-refractivity contribution in [3.63, 3.8) is 0 Å². The zero-order valence-corrected chi connectivity index (χ0v) is 13.9. The van der Waals surface area contributed by atoms with Gasteiger partial charge in [-0.05, 0) is 52.9 Å². The summed E-state index contributed by atoms with van der Waals surface area (Å²) in [6.07, 6.45) is 1.36. The fraction of sp³-hybridized carbons (Fsp3) is 0.500. The number of hydrogen-bond acceptors (Lipinski definition) is 3. The van der Waals surface area contributed by atoms with Crippen molar-refractivity contribution in [2.45, 2.75) is 12.8 Å². The van der Waals surface area contributed by atoms with Crippen molar-refractivity contribution in [2.75, 3.05) is 24.4 Å². The molecule has 1 aliphatic rings. The van der Waals surface area contributed by atoms with E-state index in [1.165, 1.54) is 4.31 Å². The van der Waals surface area contributed by atoms with Crippen molar-refractivity contribution >= 4 is 43.4 Å². The number of nitrogens with zero attached hydrogens (tertiary/aromatic N) is 1. The number of nitrogens with one attached hydrogen (secondary N) is 1. The minimum atomic E-state index is -3.56. The van der Waals surface area contributed by atoms with Gasteiger partial charge < -0.3 is 5.11 Å². The van der Waals surface area contributed by atoms with Crippen LogP contribution in [-0.2, 0) is 10.2 Å². The maximum Gasteiger partial charge on any atom is 0.301 e. The van der Waals surface area contributed by atoms with E-state index in [0.717, 1.165) is 0 Å². The lowest BCUT2D eigenvalue weighted by Crippen LogP contribution is -2.42. The standard InChI is InChI=1S/C12H16BrClN2O3S/c13-11-7-10(1-2-12(11)14)15-20(18,19)16-5-3-9(8-17)4-6-16/h1-2,7,9,15,17H,3-6,8H2. The van der Waals surface area contributed by atoms with Crippen LogP contribution in [0.3, 0.4) is 0 Å². The first-order valence-electron chi connectivity index (χ1n) is 6.26. The summed E-state index contributed by atoms with van der Waals surface area (Å²) in [6.45, 7) is 0.968. The quantitative estimate of drug-likeness (QED) is 0.839. The van der Waals surface area contributed by atoms with E-state index in [-0.39, 0.29) is 12.5 Å². The average molecular weight is 384 g/mol. The molecule has 0 saturated carbocycles. The van der Waals surface area contributed by atoms with Crippen molar-refractivity contribution in [1.82, 2.24) is 4.31 Å². The maximum atomic E-state index is 12.3. The van der Waals surface area contributed by atoms with Crippen LogP contribution < -0.4 is 4.72 Å². The molecule has 1 aromatic rings. The average Bonchev–Trinajstić information content (AvgIpc) is 2.43. The van der Waals surface area contributed by atoms with Gasteiger partial charge in [-0.3, -0.25) is 4.72 Å². The number of anilines is 1. The number of hydrogen-bond donors (Lipinski definition) is 2. The van der Waals surface area contributed by atoms with Crippen molar-refractivity contribution < 1.29 is 13.5 Å². The van der Waals surface area contributed by atoms with Crippen LogP contribution in [0.4, 0.5) is 5.69 Å². The van der Waals surface area contributed by atoms with Gasteiger partial charge in [0.1, 0.15) is 0 Å². The predicted molar refractivity (Wildman–Crippen MR) is 83.1 cm³/mol. The normalized spacial score (nSPS) is 18.1. The highest BCUT2D eigenvalue weighted by atomic mass is 79.9. The molecule has 20 heavy (non-hydrogen) atoms. The van der Waals surface area contributed by atoms with E-state index in [1.54, 1.807) is 18.2 Å². The Morgan fingerprint density at radius 3 is 2.60 bits per heavy atom. The topological polar surface area (TPSA) is 69.6 Å². The van der Waals surface area contributed by atoms with Crippen molar-refractivity contribution in [3.8, 4) is 0 Å². The Morgan fingerprint density at radius 2 is 2.05 bits per heavy atom. The zero-order valence-electron chi connectivity index (χ0n) is 10.7. The molecule has 0 bridgehead atoms. The Kier molecular flexibility index (Phi) is 5.30. The molecule has 0 spiro atoms. The summed E-state index contributed by atoms with van der Waals surface area (Å²) < 4.78 is 29.1. The molecule has 0 atom stereocenters. The van der Waals surface area contributed by atoms with Gasteiger partial charge in [-0.15, -0.1) is 0 Å². The van der Waals surface area contributed by atoms with Crippen LogP contribution in [0.1, 0.15) is 12.8 Å². The number of benzene rings is 1. The molecule has 5 nitrogen and oxygen atoms in total. The smallest absolute Gasteiger partial charge is 0.301 e. The van der Waals surface area contributed by atoms with Gasteiger partial charge in [-0.2, -0.15) is 12.7 Å². The van der Waals surface area contributed by atoms with Crippen LogP contribution in [0.2, 0.25) is 5.02 Å². The first-order valence-corrected chi connectivity index (χ1v) is 8.87. The maximum absolute atomic E-state index is 12.3. The van der Waals surface area contributed by atoms with Gasteiger partial charge in [-0.1, -0.05) is 11.6 Å². The van der Waals surface area contributed by atoms with Crippen molar-refractivity contribution in [2.24, 2.45) is 5.92 Å². The Bertz CT molecular complexity index is 574. The molecule has 1 aromatic carbocycles. The summed E-state index contributed by atoms with van der Waals surface area (Å²) in [5.74, 6) is 0.200. The van der Waals surface area contributed by atoms with E-state index in [1.807, 2.05) is 0 Å². The second-order valence-electron chi connectivity index (χ2n) is 4.76. The Morgan fingerprint density at radius 1 is 1.40 bits per heavy atom. The highest BCUT2D eigenvalue weighted by molar-refractivity contribution is 9.10. The van der Waals surface area contributed by atoms with Crippen LogP contribution in [0.25, 0.3) is 0 Å². The molecule has 0 aromatic heterocycles. The van der Waals surface area contributed by atoms with E-state index in [2.05, 4.69) is 20.7 Å². The SMILES string of the molecule is O=S(=O)(Nc1ccc(Cl)c(Br)c1)N1CCC(CO)CC1. The lowest BCUT2D eigenvalue weighted by atomic mass is 10.00. The van der Waals surface area contributed by atoms with Gasteiger partial charge in [0.05, 0.1) is 10.7 Å². The molecular weight excluding hydrogens is 368 g/mol. The fourth-order valence-corrected chi connectivity index (χ4v) is 3.85. The van der Waals surface area contributed by atoms with Gasteiger partial charge in [0.2, 0.25) is 0 Å². The molecule has 2 N–H and O–H groups in total. The molecule has 112 valence electrons. The van der Waals surface area contributed by atoms with E-state index >= 15 is 0 Å². The Labute approximate surface area is 132 Å². The lowest BCUT2D eigenvalue weighted by molar-refractivity contribution is 0.170. The van der Waals surface area contributed by atoms with E-state index in [4.69, 9.17) is 16.7 Å². The third-order valence-corrected chi connectivity index (χ3v) is 6.09. The van der Waals surface area contributed by atoms with Gasteiger partial charge in [0.15, 0.2) is 0 Å². The van der Waals surface area contributed by atoms with E-state index in [0.29, 0.717) is 41.1 Å².